The van der Waals surface area contributed by atoms with E-state index in [1.165, 1.54) is 0 Å². The van der Waals surface area contributed by atoms with Crippen LogP contribution in [0.25, 0.3) is 0 Å². The van der Waals surface area contributed by atoms with E-state index in [0.717, 1.165) is 53.8 Å². The Balaban J connectivity index is 1.09. The van der Waals surface area contributed by atoms with Crippen LogP contribution in [0.5, 0.6) is 5.75 Å². The molecule has 214 valence electrons. The predicted molar refractivity (Wildman–Crippen MR) is 157 cm³/mol. The van der Waals surface area contributed by atoms with Gasteiger partial charge in [-0.05, 0) is 111 Å². The molecule has 2 aromatic carbocycles. The van der Waals surface area contributed by atoms with Gasteiger partial charge in [0.2, 0.25) is 12.1 Å². The van der Waals surface area contributed by atoms with Gasteiger partial charge in [0.05, 0.1) is 6.21 Å². The zero-order chi connectivity index (χ0) is 28.1. The molecule has 1 saturated carbocycles. The summed E-state index contributed by atoms with van der Waals surface area (Å²) < 4.78 is 19.4. The number of hydrazone groups is 1. The molecule has 8 nitrogen and oxygen atoms in total. The first-order valence-electron chi connectivity index (χ1n) is 14.3. The number of thiocarbonyl (C=S) groups is 1. The molecule has 2 bridgehead atoms. The van der Waals surface area contributed by atoms with Crippen molar-refractivity contribution < 1.29 is 24.0 Å². The van der Waals surface area contributed by atoms with Crippen LogP contribution in [0.1, 0.15) is 63.1 Å². The zero-order valence-electron chi connectivity index (χ0n) is 23.8. The molecule has 40 heavy (non-hydrogen) atoms. The Hall–Kier alpha value is -2.56. The number of hydrogen-bond acceptors (Lipinski definition) is 7. The molecule has 0 amide bonds. The predicted octanol–water partition coefficient (Wildman–Crippen LogP) is 6.21. The zero-order valence-corrected chi connectivity index (χ0v) is 24.6. The Labute approximate surface area is 241 Å². The van der Waals surface area contributed by atoms with Crippen LogP contribution in [0.3, 0.4) is 0 Å². The maximum atomic E-state index is 6.54. The third-order valence-electron chi connectivity index (χ3n) is 9.25. The fourth-order valence-electron chi connectivity index (χ4n) is 6.96. The Kier molecular flexibility index (Phi) is 7.37. The van der Waals surface area contributed by atoms with Gasteiger partial charge in [0.25, 0.3) is 0 Å². The number of nitrogens with zero attached hydrogens (tertiary/aromatic N) is 1. The van der Waals surface area contributed by atoms with Gasteiger partial charge in [-0.25, -0.2) is 9.78 Å². The van der Waals surface area contributed by atoms with E-state index >= 15 is 0 Å². The molecule has 5 fully saturated rings. The number of rotatable bonds is 5. The molecule has 2 aromatic rings. The summed E-state index contributed by atoms with van der Waals surface area (Å²) in [5.41, 5.74) is 6.46. The van der Waals surface area contributed by atoms with Crippen LogP contribution in [0.15, 0.2) is 47.6 Å². The maximum absolute atomic E-state index is 6.54. The topological polar surface area (TPSA) is 82.6 Å². The fourth-order valence-corrected chi connectivity index (χ4v) is 7.12. The highest BCUT2D eigenvalue weighted by atomic mass is 32.1. The molecule has 1 spiro atoms. The van der Waals surface area contributed by atoms with Crippen LogP contribution in [-0.4, -0.2) is 35.3 Å². The largest absolute Gasteiger partial charge is 0.465 e. The lowest BCUT2D eigenvalue weighted by Gasteiger charge is -2.60. The first-order valence-corrected chi connectivity index (χ1v) is 14.7. The molecular weight excluding hydrogens is 526 g/mol. The standard InChI is InChI=1S/C31H39N3O5S/c1-18-6-7-20(3)26(16-18)33-29(40)34-32-17-22-9-11-23(12-10-22)35-27-21(4)25-13-8-19(2)24-14-15-30(5)37-28(36-27)31(24,25)39-38-30/h6-7,9-12,16-17,19,21,24-25,27-28H,8,13-15H2,1-5H3,(H2,33,34,40)/b32-17+/t19-,21-,24+,25+,27+,28-,30?,31-/m1/s1. The Morgan fingerprint density at radius 2 is 1.85 bits per heavy atom. The highest BCUT2D eigenvalue weighted by Crippen LogP contribution is 2.60. The van der Waals surface area contributed by atoms with Crippen molar-refractivity contribution in [1.82, 2.24) is 5.43 Å². The van der Waals surface area contributed by atoms with E-state index < -0.39 is 24.0 Å². The molecule has 4 aliphatic heterocycles. The number of aryl methyl sites for hydroxylation is 2. The molecule has 9 heteroatoms. The number of fused-ring (bicyclic) bond motifs is 2. The Bertz CT molecular complexity index is 1290. The summed E-state index contributed by atoms with van der Waals surface area (Å²) in [6.07, 6.45) is 4.75. The van der Waals surface area contributed by atoms with Crippen molar-refractivity contribution in [3.63, 3.8) is 0 Å². The van der Waals surface area contributed by atoms with Crippen LogP contribution in [0.2, 0.25) is 0 Å². The number of ether oxygens (including phenoxy) is 3. The van der Waals surface area contributed by atoms with E-state index in [0.29, 0.717) is 16.9 Å². The lowest BCUT2D eigenvalue weighted by Crippen LogP contribution is -2.70. The molecule has 0 aromatic heterocycles. The molecule has 4 heterocycles. The summed E-state index contributed by atoms with van der Waals surface area (Å²) in [4.78, 5) is 12.1. The first-order chi connectivity index (χ1) is 19.2. The molecule has 0 radical (unpaired) electrons. The summed E-state index contributed by atoms with van der Waals surface area (Å²) in [6.45, 7) is 10.5. The highest BCUT2D eigenvalue weighted by Gasteiger charge is 2.69. The van der Waals surface area contributed by atoms with Crippen molar-refractivity contribution in [3.8, 4) is 5.75 Å². The first kappa shape index (κ1) is 27.6. The van der Waals surface area contributed by atoms with E-state index in [9.17, 15) is 0 Å². The summed E-state index contributed by atoms with van der Waals surface area (Å²) in [5.74, 6) is 1.12. The van der Waals surface area contributed by atoms with E-state index in [-0.39, 0.29) is 11.8 Å². The Morgan fingerprint density at radius 3 is 2.65 bits per heavy atom. The van der Waals surface area contributed by atoms with Gasteiger partial charge in [-0.3, -0.25) is 5.43 Å². The summed E-state index contributed by atoms with van der Waals surface area (Å²) in [5, 5.41) is 7.91. The third-order valence-corrected chi connectivity index (χ3v) is 9.44. The van der Waals surface area contributed by atoms with Gasteiger partial charge in [-0.15, -0.1) is 0 Å². The lowest BCUT2D eigenvalue weighted by molar-refractivity contribution is -0.575. The van der Waals surface area contributed by atoms with Crippen molar-refractivity contribution in [1.29, 1.82) is 0 Å². The second-order valence-corrected chi connectivity index (χ2v) is 12.5. The quantitative estimate of drug-likeness (QED) is 0.192. The minimum atomic E-state index is -0.797. The van der Waals surface area contributed by atoms with Gasteiger partial charge >= 0.3 is 0 Å². The molecule has 7 rings (SSSR count). The van der Waals surface area contributed by atoms with Crippen LogP contribution in [0, 0.1) is 37.5 Å². The maximum Gasteiger partial charge on any atom is 0.205 e. The molecule has 8 atom stereocenters. The molecule has 4 saturated heterocycles. The fraction of sp³-hybridized carbons (Fsp3) is 0.548. The van der Waals surface area contributed by atoms with Crippen LogP contribution < -0.4 is 15.5 Å². The van der Waals surface area contributed by atoms with E-state index in [4.69, 9.17) is 36.2 Å². The van der Waals surface area contributed by atoms with E-state index in [1.807, 2.05) is 45.0 Å². The van der Waals surface area contributed by atoms with Gasteiger partial charge < -0.3 is 19.5 Å². The van der Waals surface area contributed by atoms with Gasteiger partial charge in [0.1, 0.15) is 5.75 Å². The molecule has 5 aliphatic rings. The smallest absolute Gasteiger partial charge is 0.205 e. The molecule has 1 unspecified atom stereocenters. The SMILES string of the molecule is Cc1ccc(C)c(NC(=S)N/N=C/c2ccc(O[C@H]3O[C@@H]4OC5(C)CC[C@H]6[C@H](C)CC[C@@H]([C@H]3C)[C@@]46OO5)cc2)c1. The van der Waals surface area contributed by atoms with Crippen LogP contribution >= 0.6 is 12.2 Å². The molecule has 1 aliphatic carbocycles. The number of nitrogens with one attached hydrogen (secondary N) is 2. The number of anilines is 1. The summed E-state index contributed by atoms with van der Waals surface area (Å²) in [6, 6.07) is 14.0. The van der Waals surface area contributed by atoms with Gasteiger partial charge in [-0.2, -0.15) is 5.10 Å². The Morgan fingerprint density at radius 1 is 1.05 bits per heavy atom. The average molecular weight is 566 g/mol. The minimum Gasteiger partial charge on any atom is -0.465 e. The second-order valence-electron chi connectivity index (χ2n) is 12.1. The van der Waals surface area contributed by atoms with Crippen LogP contribution in [0.4, 0.5) is 5.69 Å². The van der Waals surface area contributed by atoms with Gasteiger partial charge in [-0.1, -0.05) is 26.0 Å². The molecule has 2 N–H and O–H groups in total. The lowest BCUT2D eigenvalue weighted by atomic mass is 9.58. The van der Waals surface area contributed by atoms with Crippen molar-refractivity contribution >= 4 is 29.2 Å². The number of hydrogen-bond donors (Lipinski definition) is 2. The monoisotopic (exact) mass is 565 g/mol. The third kappa shape index (κ3) is 5.03. The molecular formula is C31H39N3O5S. The number of benzene rings is 2. The summed E-state index contributed by atoms with van der Waals surface area (Å²) in [7, 11) is 0. The summed E-state index contributed by atoms with van der Waals surface area (Å²) >= 11 is 5.39. The van der Waals surface area contributed by atoms with E-state index in [2.05, 4.69) is 47.9 Å². The van der Waals surface area contributed by atoms with Gasteiger partial charge in [0, 0.05) is 23.9 Å². The van der Waals surface area contributed by atoms with Crippen molar-refractivity contribution in [3.05, 3.63) is 59.2 Å². The minimum absolute atomic E-state index is 0.108. The van der Waals surface area contributed by atoms with E-state index in [1.54, 1.807) is 6.21 Å². The normalized spacial score (nSPS) is 36.5. The average Bonchev–Trinajstić information content (AvgIpc) is 3.16. The van der Waals surface area contributed by atoms with Crippen molar-refractivity contribution in [2.75, 3.05) is 5.32 Å². The second kappa shape index (κ2) is 10.7. The van der Waals surface area contributed by atoms with Crippen LogP contribution in [-0.2, 0) is 19.2 Å². The van der Waals surface area contributed by atoms with Crippen molar-refractivity contribution in [2.24, 2.45) is 28.8 Å². The van der Waals surface area contributed by atoms with Crippen molar-refractivity contribution in [2.45, 2.75) is 84.3 Å². The highest BCUT2D eigenvalue weighted by molar-refractivity contribution is 7.80. The van der Waals surface area contributed by atoms with Gasteiger partial charge in [0.15, 0.2) is 17.0 Å².